The minimum absolute atomic E-state index is 0.225. The van der Waals surface area contributed by atoms with Crippen molar-refractivity contribution in [1.29, 1.82) is 0 Å². The van der Waals surface area contributed by atoms with Gasteiger partial charge in [0.1, 0.15) is 0 Å². The number of hydrogen-bond donors (Lipinski definition) is 2. The second-order valence-corrected chi connectivity index (χ2v) is 1.76. The molecule has 2 radical (unpaired) electrons. The van der Waals surface area contributed by atoms with E-state index in [-0.39, 0.29) is 9.39 Å². The Balaban J connectivity index is 2.54. The first-order chi connectivity index (χ1) is 2.27. The Labute approximate surface area is 33.7 Å². The standard InChI is InChI=1S/CH5BO2Si/c1-5-2(3)4/h3-4H,1H3. The fraction of sp³-hybridized carbons (Fsp3) is 1.00. The van der Waals surface area contributed by atoms with Crippen LogP contribution in [0.3, 0.4) is 0 Å². The van der Waals surface area contributed by atoms with Gasteiger partial charge in [-0.1, -0.05) is 6.55 Å². The van der Waals surface area contributed by atoms with Crippen molar-refractivity contribution in [3.05, 3.63) is 0 Å². The zero-order valence-electron chi connectivity index (χ0n) is 2.97. The topological polar surface area (TPSA) is 40.5 Å². The van der Waals surface area contributed by atoms with Crippen LogP contribution in [-0.4, -0.2) is 26.1 Å². The fourth-order valence-corrected chi connectivity index (χ4v) is 0. The van der Waals surface area contributed by atoms with Gasteiger partial charge in [-0.3, -0.25) is 0 Å². The molecule has 0 saturated carbocycles. The molecule has 5 heavy (non-hydrogen) atoms. The molecule has 0 heterocycles. The van der Waals surface area contributed by atoms with Crippen molar-refractivity contribution >= 4 is 16.1 Å². The quantitative estimate of drug-likeness (QED) is 0.391. The summed E-state index contributed by atoms with van der Waals surface area (Å²) >= 11 is 0. The van der Waals surface area contributed by atoms with Gasteiger partial charge in [-0.25, -0.2) is 0 Å². The summed E-state index contributed by atoms with van der Waals surface area (Å²) in [5.74, 6) is 0. The average molecular weight is 87.9 g/mol. The highest BCUT2D eigenvalue weighted by Crippen LogP contribution is 1.55. The van der Waals surface area contributed by atoms with Crippen LogP contribution in [0.1, 0.15) is 0 Å². The summed E-state index contributed by atoms with van der Waals surface area (Å²) in [6, 6.07) is 0. The third-order valence-electron chi connectivity index (χ3n) is 0.258. The molecule has 0 fully saturated rings. The van der Waals surface area contributed by atoms with Gasteiger partial charge in [-0.15, -0.1) is 0 Å². The van der Waals surface area contributed by atoms with Crippen LogP contribution < -0.4 is 0 Å². The molecule has 28 valence electrons. The van der Waals surface area contributed by atoms with Crippen LogP contribution in [0.15, 0.2) is 0 Å². The molecule has 0 atom stereocenters. The van der Waals surface area contributed by atoms with Gasteiger partial charge in [-0.2, -0.15) is 0 Å². The van der Waals surface area contributed by atoms with Crippen LogP contribution >= 0.6 is 0 Å². The van der Waals surface area contributed by atoms with Gasteiger partial charge in [0.15, 0.2) is 0 Å². The average Bonchev–Trinajstić information content (AvgIpc) is 1.38. The summed E-state index contributed by atoms with van der Waals surface area (Å²) in [7, 11) is 0.225. The van der Waals surface area contributed by atoms with Crippen LogP contribution in [-0.2, 0) is 0 Å². The van der Waals surface area contributed by atoms with E-state index in [1.807, 2.05) is 0 Å². The van der Waals surface area contributed by atoms with Crippen molar-refractivity contribution in [3.63, 3.8) is 0 Å². The predicted molar refractivity (Wildman–Crippen MR) is 21.8 cm³/mol. The molecule has 0 aromatic heterocycles. The smallest absolute Gasteiger partial charge is 0.420 e. The Morgan fingerprint density at radius 2 is 1.80 bits per heavy atom. The Hall–Kier alpha value is 0.202. The molecule has 0 aromatic carbocycles. The summed E-state index contributed by atoms with van der Waals surface area (Å²) < 4.78 is 0. The number of hydrogen-bond acceptors (Lipinski definition) is 2. The highest BCUT2D eigenvalue weighted by Gasteiger charge is 1.97. The molecule has 0 bridgehead atoms. The monoisotopic (exact) mass is 88.0 g/mol. The molecule has 2 N–H and O–H groups in total. The van der Waals surface area contributed by atoms with Crippen LogP contribution in [0.5, 0.6) is 0 Å². The van der Waals surface area contributed by atoms with E-state index in [9.17, 15) is 0 Å². The maximum absolute atomic E-state index is 7.93. The molecular formula is CH5BO2Si. The SMILES string of the molecule is C[Si]B(O)O. The van der Waals surface area contributed by atoms with Gasteiger partial charge in [-0.05, 0) is 0 Å². The first-order valence-electron chi connectivity index (χ1n) is 1.31. The zero-order valence-corrected chi connectivity index (χ0v) is 3.97. The van der Waals surface area contributed by atoms with Crippen LogP contribution in [0.2, 0.25) is 6.55 Å². The Morgan fingerprint density at radius 3 is 1.80 bits per heavy atom. The van der Waals surface area contributed by atoms with Gasteiger partial charge in [0, 0.05) is 0 Å². The Bertz CT molecular complexity index is 23.6. The molecule has 0 rings (SSSR count). The summed E-state index contributed by atoms with van der Waals surface area (Å²) in [5.41, 5.74) is 0. The minimum Gasteiger partial charge on any atom is -0.430 e. The lowest BCUT2D eigenvalue weighted by molar-refractivity contribution is 0.434. The second kappa shape index (κ2) is 2.44. The van der Waals surface area contributed by atoms with Crippen molar-refractivity contribution in [1.82, 2.24) is 0 Å². The molecule has 0 aliphatic carbocycles. The van der Waals surface area contributed by atoms with Gasteiger partial charge < -0.3 is 10.0 Å². The molecule has 0 aromatic rings. The number of rotatable bonds is 1. The zero-order chi connectivity index (χ0) is 4.28. The minimum atomic E-state index is -1.09. The van der Waals surface area contributed by atoms with Crippen LogP contribution in [0.25, 0.3) is 0 Å². The molecule has 0 amide bonds. The van der Waals surface area contributed by atoms with E-state index in [1.54, 1.807) is 6.55 Å². The van der Waals surface area contributed by atoms with Crippen LogP contribution in [0, 0.1) is 0 Å². The lowest BCUT2D eigenvalue weighted by atomic mass is 10.4. The third kappa shape index (κ3) is 4.20. The molecule has 4 heteroatoms. The largest absolute Gasteiger partial charge is 0.430 e. The van der Waals surface area contributed by atoms with Gasteiger partial charge in [0.05, 0.1) is 9.39 Å². The maximum atomic E-state index is 7.93. The van der Waals surface area contributed by atoms with E-state index in [0.717, 1.165) is 0 Å². The van der Waals surface area contributed by atoms with Crippen molar-refractivity contribution < 1.29 is 10.0 Å². The van der Waals surface area contributed by atoms with Crippen LogP contribution in [0.4, 0.5) is 0 Å². The fourth-order valence-electron chi connectivity index (χ4n) is 0. The van der Waals surface area contributed by atoms with Gasteiger partial charge in [0.25, 0.3) is 0 Å². The highest BCUT2D eigenvalue weighted by atomic mass is 28.2. The van der Waals surface area contributed by atoms with E-state index in [2.05, 4.69) is 0 Å². The van der Waals surface area contributed by atoms with Crippen molar-refractivity contribution in [2.75, 3.05) is 0 Å². The predicted octanol–water partition coefficient (Wildman–Crippen LogP) is -1.29. The normalized spacial score (nSPS) is 7.80. The first kappa shape index (κ1) is 5.20. The maximum Gasteiger partial charge on any atom is 0.420 e. The molecular weight excluding hydrogens is 82.9 g/mol. The molecule has 0 aliphatic heterocycles. The van der Waals surface area contributed by atoms with E-state index < -0.39 is 6.71 Å². The first-order valence-corrected chi connectivity index (χ1v) is 2.88. The van der Waals surface area contributed by atoms with Gasteiger partial charge >= 0.3 is 6.71 Å². The molecule has 0 saturated heterocycles. The second-order valence-electron chi connectivity index (χ2n) is 0.662. The molecule has 2 nitrogen and oxygen atoms in total. The van der Waals surface area contributed by atoms with Gasteiger partial charge in [0.2, 0.25) is 0 Å². The summed E-state index contributed by atoms with van der Waals surface area (Å²) in [4.78, 5) is 0. The van der Waals surface area contributed by atoms with E-state index >= 15 is 0 Å². The van der Waals surface area contributed by atoms with E-state index in [0.29, 0.717) is 0 Å². The Kier molecular flexibility index (Phi) is 2.54. The molecule has 0 unspecified atom stereocenters. The summed E-state index contributed by atoms with van der Waals surface area (Å²) in [5, 5.41) is 15.9. The van der Waals surface area contributed by atoms with E-state index in [4.69, 9.17) is 10.0 Å². The lowest BCUT2D eigenvalue weighted by Gasteiger charge is -1.80. The van der Waals surface area contributed by atoms with Crippen molar-refractivity contribution in [2.45, 2.75) is 6.55 Å². The summed E-state index contributed by atoms with van der Waals surface area (Å²) in [6.07, 6.45) is 0. The van der Waals surface area contributed by atoms with E-state index in [1.165, 1.54) is 0 Å². The highest BCUT2D eigenvalue weighted by molar-refractivity contribution is 7.03. The lowest BCUT2D eigenvalue weighted by Crippen LogP contribution is -2.17. The Morgan fingerprint density at radius 1 is 1.60 bits per heavy atom. The van der Waals surface area contributed by atoms with Crippen molar-refractivity contribution in [3.8, 4) is 0 Å². The molecule has 0 aliphatic rings. The van der Waals surface area contributed by atoms with Crippen molar-refractivity contribution in [2.24, 2.45) is 0 Å². The summed E-state index contributed by atoms with van der Waals surface area (Å²) in [6.45, 7) is 0.639. The molecule has 0 spiro atoms. The third-order valence-corrected chi connectivity index (χ3v) is 0.775.